The van der Waals surface area contributed by atoms with E-state index in [0.29, 0.717) is 10.8 Å². The third kappa shape index (κ3) is 4.58. The summed E-state index contributed by atoms with van der Waals surface area (Å²) < 4.78 is 10.6. The van der Waals surface area contributed by atoms with Crippen LogP contribution in [-0.2, 0) is 9.53 Å². The standard InChI is InChI=1S/C20H16ClNO3/c21-17-8-1-2-9-18(17)24-13-14-25-19(23)11-10-16-6-3-5-15-7-4-12-22-20(15)16/h1-12H,13-14H2/b11-10-. The van der Waals surface area contributed by atoms with Gasteiger partial charge in [-0.1, -0.05) is 48.0 Å². The Bertz CT molecular complexity index is 903. The fourth-order valence-corrected chi connectivity index (χ4v) is 2.51. The molecule has 0 amide bonds. The molecule has 1 aromatic heterocycles. The molecule has 25 heavy (non-hydrogen) atoms. The van der Waals surface area contributed by atoms with Crippen molar-refractivity contribution >= 4 is 34.5 Å². The molecule has 0 atom stereocenters. The molecule has 0 aliphatic heterocycles. The number of aromatic nitrogens is 1. The normalized spacial score (nSPS) is 10.9. The Labute approximate surface area is 150 Å². The van der Waals surface area contributed by atoms with E-state index in [0.717, 1.165) is 16.5 Å². The number of ether oxygens (including phenoxy) is 2. The van der Waals surface area contributed by atoms with Crippen molar-refractivity contribution in [2.45, 2.75) is 0 Å². The van der Waals surface area contributed by atoms with Gasteiger partial charge < -0.3 is 9.47 Å². The van der Waals surface area contributed by atoms with Gasteiger partial charge in [0, 0.05) is 23.2 Å². The number of carbonyl (C=O) groups excluding carboxylic acids is 1. The minimum absolute atomic E-state index is 0.141. The number of hydrogen-bond acceptors (Lipinski definition) is 4. The van der Waals surface area contributed by atoms with Crippen LogP contribution in [0.2, 0.25) is 5.02 Å². The molecular formula is C20H16ClNO3. The smallest absolute Gasteiger partial charge is 0.330 e. The summed E-state index contributed by atoms with van der Waals surface area (Å²) in [6.07, 6.45) is 4.82. The number of hydrogen-bond donors (Lipinski definition) is 0. The zero-order chi connectivity index (χ0) is 17.5. The molecule has 0 aliphatic carbocycles. The summed E-state index contributed by atoms with van der Waals surface area (Å²) in [5, 5.41) is 1.54. The van der Waals surface area contributed by atoms with Crippen LogP contribution in [0.15, 0.2) is 66.9 Å². The molecule has 4 nitrogen and oxygen atoms in total. The maximum absolute atomic E-state index is 11.8. The Balaban J connectivity index is 1.52. The van der Waals surface area contributed by atoms with Crippen molar-refractivity contribution in [1.82, 2.24) is 4.98 Å². The molecule has 0 saturated carbocycles. The molecule has 0 bridgehead atoms. The van der Waals surface area contributed by atoms with Gasteiger partial charge in [0.25, 0.3) is 0 Å². The minimum atomic E-state index is -0.435. The van der Waals surface area contributed by atoms with Crippen LogP contribution in [0.3, 0.4) is 0 Å². The van der Waals surface area contributed by atoms with E-state index in [9.17, 15) is 4.79 Å². The molecule has 2 aromatic carbocycles. The molecule has 0 radical (unpaired) electrons. The second-order valence-electron chi connectivity index (χ2n) is 5.20. The molecule has 0 unspecified atom stereocenters. The quantitative estimate of drug-likeness (QED) is 0.371. The van der Waals surface area contributed by atoms with E-state index >= 15 is 0 Å². The minimum Gasteiger partial charge on any atom is -0.488 e. The van der Waals surface area contributed by atoms with Gasteiger partial charge in [-0.2, -0.15) is 0 Å². The number of carbonyl (C=O) groups is 1. The lowest BCUT2D eigenvalue weighted by atomic mass is 10.1. The molecule has 0 N–H and O–H groups in total. The SMILES string of the molecule is O=C(/C=C\c1cccc2cccnc12)OCCOc1ccccc1Cl. The van der Waals surface area contributed by atoms with Gasteiger partial charge in [0.2, 0.25) is 0 Å². The van der Waals surface area contributed by atoms with Gasteiger partial charge in [0.15, 0.2) is 0 Å². The predicted molar refractivity (Wildman–Crippen MR) is 98.7 cm³/mol. The fourth-order valence-electron chi connectivity index (χ4n) is 2.32. The first-order chi connectivity index (χ1) is 12.2. The molecule has 0 saturated heterocycles. The number of fused-ring (bicyclic) bond motifs is 1. The number of rotatable bonds is 6. The van der Waals surface area contributed by atoms with Gasteiger partial charge in [0.05, 0.1) is 10.5 Å². The van der Waals surface area contributed by atoms with Crippen molar-refractivity contribution in [3.8, 4) is 5.75 Å². The Morgan fingerprint density at radius 2 is 1.88 bits per heavy atom. The molecule has 0 spiro atoms. The van der Waals surface area contributed by atoms with Crippen LogP contribution >= 0.6 is 11.6 Å². The fraction of sp³-hybridized carbons (Fsp3) is 0.100. The summed E-state index contributed by atoms with van der Waals surface area (Å²) in [6.45, 7) is 0.376. The van der Waals surface area contributed by atoms with E-state index < -0.39 is 5.97 Å². The lowest BCUT2D eigenvalue weighted by Gasteiger charge is -2.07. The molecule has 1 heterocycles. The molecule has 126 valence electrons. The summed E-state index contributed by atoms with van der Waals surface area (Å²) in [5.41, 5.74) is 1.71. The van der Waals surface area contributed by atoms with E-state index in [1.807, 2.05) is 42.5 Å². The van der Waals surface area contributed by atoms with E-state index in [-0.39, 0.29) is 13.2 Å². The predicted octanol–water partition coefficient (Wildman–Crippen LogP) is 4.52. The number of esters is 1. The highest BCUT2D eigenvalue weighted by Gasteiger charge is 2.02. The van der Waals surface area contributed by atoms with Gasteiger partial charge in [-0.15, -0.1) is 0 Å². The highest BCUT2D eigenvalue weighted by molar-refractivity contribution is 6.32. The highest BCUT2D eigenvalue weighted by atomic mass is 35.5. The van der Waals surface area contributed by atoms with Gasteiger partial charge >= 0.3 is 5.97 Å². The number of pyridine rings is 1. The van der Waals surface area contributed by atoms with Crippen molar-refractivity contribution in [1.29, 1.82) is 0 Å². The van der Waals surface area contributed by atoms with Gasteiger partial charge in [-0.05, 0) is 24.3 Å². The van der Waals surface area contributed by atoms with Crippen molar-refractivity contribution in [3.05, 3.63) is 77.5 Å². The van der Waals surface area contributed by atoms with Gasteiger partial charge in [0.1, 0.15) is 19.0 Å². The Morgan fingerprint density at radius 1 is 1.04 bits per heavy atom. The van der Waals surface area contributed by atoms with Crippen LogP contribution in [0.25, 0.3) is 17.0 Å². The van der Waals surface area contributed by atoms with Crippen LogP contribution in [-0.4, -0.2) is 24.2 Å². The number of benzene rings is 2. The monoisotopic (exact) mass is 353 g/mol. The first kappa shape index (κ1) is 17.0. The molecular weight excluding hydrogens is 338 g/mol. The van der Waals surface area contributed by atoms with Crippen molar-refractivity contribution in [2.75, 3.05) is 13.2 Å². The summed E-state index contributed by atoms with van der Waals surface area (Å²) in [4.78, 5) is 16.2. The third-order valence-electron chi connectivity index (χ3n) is 3.48. The topological polar surface area (TPSA) is 48.4 Å². The summed E-state index contributed by atoms with van der Waals surface area (Å²) >= 11 is 5.98. The largest absolute Gasteiger partial charge is 0.488 e. The van der Waals surface area contributed by atoms with Crippen LogP contribution in [0.5, 0.6) is 5.75 Å². The van der Waals surface area contributed by atoms with E-state index in [1.54, 1.807) is 24.4 Å². The van der Waals surface area contributed by atoms with Crippen molar-refractivity contribution in [3.63, 3.8) is 0 Å². The molecule has 0 aliphatic rings. The summed E-state index contributed by atoms with van der Waals surface area (Å²) in [5.74, 6) is 0.133. The zero-order valence-electron chi connectivity index (χ0n) is 13.4. The maximum atomic E-state index is 11.8. The first-order valence-corrected chi connectivity index (χ1v) is 8.18. The van der Waals surface area contributed by atoms with Crippen LogP contribution < -0.4 is 4.74 Å². The summed E-state index contributed by atoms with van der Waals surface area (Å²) in [7, 11) is 0. The Kier molecular flexibility index (Phi) is 5.65. The Hall–Kier alpha value is -2.85. The second kappa shape index (κ2) is 8.31. The zero-order valence-corrected chi connectivity index (χ0v) is 14.1. The molecule has 5 heteroatoms. The van der Waals surface area contributed by atoms with Crippen LogP contribution in [0.4, 0.5) is 0 Å². The highest BCUT2D eigenvalue weighted by Crippen LogP contribution is 2.22. The number of halogens is 1. The van der Waals surface area contributed by atoms with Gasteiger partial charge in [-0.3, -0.25) is 4.98 Å². The van der Waals surface area contributed by atoms with Crippen LogP contribution in [0, 0.1) is 0 Å². The van der Waals surface area contributed by atoms with E-state index in [2.05, 4.69) is 4.98 Å². The Morgan fingerprint density at radius 3 is 2.76 bits per heavy atom. The van der Waals surface area contributed by atoms with Crippen molar-refractivity contribution < 1.29 is 14.3 Å². The number of para-hydroxylation sites is 2. The lowest BCUT2D eigenvalue weighted by Crippen LogP contribution is -2.10. The van der Waals surface area contributed by atoms with E-state index in [1.165, 1.54) is 6.08 Å². The van der Waals surface area contributed by atoms with Crippen LogP contribution in [0.1, 0.15) is 5.56 Å². The molecule has 0 fully saturated rings. The molecule has 3 aromatic rings. The summed E-state index contributed by atoms with van der Waals surface area (Å²) in [6, 6.07) is 16.8. The first-order valence-electron chi connectivity index (χ1n) is 7.80. The van der Waals surface area contributed by atoms with E-state index in [4.69, 9.17) is 21.1 Å². The third-order valence-corrected chi connectivity index (χ3v) is 3.80. The average Bonchev–Trinajstić information content (AvgIpc) is 2.65. The molecule has 3 rings (SSSR count). The average molecular weight is 354 g/mol. The number of nitrogens with zero attached hydrogens (tertiary/aromatic N) is 1. The second-order valence-corrected chi connectivity index (χ2v) is 5.61. The van der Waals surface area contributed by atoms with Crippen molar-refractivity contribution in [2.24, 2.45) is 0 Å². The lowest BCUT2D eigenvalue weighted by molar-refractivity contribution is -0.138. The van der Waals surface area contributed by atoms with Gasteiger partial charge in [-0.25, -0.2) is 4.79 Å². The maximum Gasteiger partial charge on any atom is 0.330 e.